The van der Waals surface area contributed by atoms with E-state index >= 15 is 0 Å². The Hall–Kier alpha value is -1.96. The van der Waals surface area contributed by atoms with E-state index in [2.05, 4.69) is 5.32 Å². The molecule has 0 aliphatic carbocycles. The first-order chi connectivity index (χ1) is 12.6. The SMILES string of the molecule is CCCN(C(=O)[C@@H](NC(=O)c1ccc(F)cc1)C(C)C)[C@H]1CCS(=O)(=O)C1. The minimum absolute atomic E-state index is 0.0323. The predicted molar refractivity (Wildman–Crippen MR) is 102 cm³/mol. The van der Waals surface area contributed by atoms with Gasteiger partial charge in [-0.05, 0) is 43.0 Å². The van der Waals surface area contributed by atoms with E-state index in [4.69, 9.17) is 0 Å². The molecular weight excluding hydrogens is 371 g/mol. The van der Waals surface area contributed by atoms with Crippen LogP contribution < -0.4 is 5.32 Å². The Morgan fingerprint density at radius 2 is 1.89 bits per heavy atom. The maximum absolute atomic E-state index is 13.2. The smallest absolute Gasteiger partial charge is 0.251 e. The molecule has 150 valence electrons. The van der Waals surface area contributed by atoms with Crippen molar-refractivity contribution < 1.29 is 22.4 Å². The van der Waals surface area contributed by atoms with Crippen LogP contribution in [0.15, 0.2) is 24.3 Å². The highest BCUT2D eigenvalue weighted by atomic mass is 32.2. The molecule has 1 N–H and O–H groups in total. The largest absolute Gasteiger partial charge is 0.340 e. The summed E-state index contributed by atoms with van der Waals surface area (Å²) in [4.78, 5) is 27.2. The first-order valence-electron chi connectivity index (χ1n) is 9.22. The van der Waals surface area contributed by atoms with Crippen LogP contribution in [-0.2, 0) is 14.6 Å². The van der Waals surface area contributed by atoms with Crippen LogP contribution in [0.5, 0.6) is 0 Å². The number of nitrogens with zero attached hydrogens (tertiary/aromatic N) is 1. The van der Waals surface area contributed by atoms with Crippen molar-refractivity contribution in [3.05, 3.63) is 35.6 Å². The van der Waals surface area contributed by atoms with E-state index < -0.39 is 27.6 Å². The van der Waals surface area contributed by atoms with E-state index in [9.17, 15) is 22.4 Å². The summed E-state index contributed by atoms with van der Waals surface area (Å²) in [6.45, 7) is 6.01. The lowest BCUT2D eigenvalue weighted by molar-refractivity contribution is -0.136. The van der Waals surface area contributed by atoms with Gasteiger partial charge in [-0.15, -0.1) is 0 Å². The second kappa shape index (κ2) is 8.82. The van der Waals surface area contributed by atoms with Gasteiger partial charge in [0.05, 0.1) is 11.5 Å². The Morgan fingerprint density at radius 1 is 1.26 bits per heavy atom. The van der Waals surface area contributed by atoms with Crippen LogP contribution in [0, 0.1) is 11.7 Å². The molecule has 1 aromatic carbocycles. The number of hydrogen-bond acceptors (Lipinski definition) is 4. The molecule has 1 aliphatic rings. The van der Waals surface area contributed by atoms with Crippen LogP contribution in [0.2, 0.25) is 0 Å². The highest BCUT2D eigenvalue weighted by Gasteiger charge is 2.37. The zero-order valence-electron chi connectivity index (χ0n) is 15.9. The average molecular weight is 399 g/mol. The molecule has 0 unspecified atom stereocenters. The van der Waals surface area contributed by atoms with Crippen molar-refractivity contribution in [1.29, 1.82) is 0 Å². The minimum atomic E-state index is -3.13. The molecule has 2 atom stereocenters. The van der Waals surface area contributed by atoms with Crippen molar-refractivity contribution in [3.63, 3.8) is 0 Å². The third-order valence-electron chi connectivity index (χ3n) is 4.72. The van der Waals surface area contributed by atoms with E-state index in [1.165, 1.54) is 24.3 Å². The fourth-order valence-corrected chi connectivity index (χ4v) is 4.98. The molecule has 8 heteroatoms. The van der Waals surface area contributed by atoms with Gasteiger partial charge in [-0.1, -0.05) is 20.8 Å². The van der Waals surface area contributed by atoms with Crippen LogP contribution in [0.1, 0.15) is 44.0 Å². The van der Waals surface area contributed by atoms with E-state index in [0.717, 1.165) is 0 Å². The van der Waals surface area contributed by atoms with E-state index in [1.807, 2.05) is 20.8 Å². The summed E-state index contributed by atoms with van der Waals surface area (Å²) in [7, 11) is -3.13. The Balaban J connectivity index is 2.18. The number of carbonyl (C=O) groups is 2. The molecule has 27 heavy (non-hydrogen) atoms. The summed E-state index contributed by atoms with van der Waals surface area (Å²) in [5, 5.41) is 2.73. The fraction of sp³-hybridized carbons (Fsp3) is 0.579. The number of rotatable bonds is 7. The molecule has 6 nitrogen and oxygen atoms in total. The lowest BCUT2D eigenvalue weighted by atomic mass is 10.0. The number of sulfone groups is 1. The minimum Gasteiger partial charge on any atom is -0.340 e. The van der Waals surface area contributed by atoms with Crippen molar-refractivity contribution in [2.45, 2.75) is 45.7 Å². The van der Waals surface area contributed by atoms with Gasteiger partial charge in [0.15, 0.2) is 9.84 Å². The van der Waals surface area contributed by atoms with Gasteiger partial charge in [-0.2, -0.15) is 0 Å². The first-order valence-corrected chi connectivity index (χ1v) is 11.0. The monoisotopic (exact) mass is 398 g/mol. The molecular formula is C19H27FN2O4S. The number of benzene rings is 1. The van der Waals surface area contributed by atoms with E-state index in [0.29, 0.717) is 19.4 Å². The maximum Gasteiger partial charge on any atom is 0.251 e. The van der Waals surface area contributed by atoms with Gasteiger partial charge in [-0.3, -0.25) is 9.59 Å². The summed E-state index contributed by atoms with van der Waals surface area (Å²) < 4.78 is 36.7. The highest BCUT2D eigenvalue weighted by molar-refractivity contribution is 7.91. The predicted octanol–water partition coefficient (Wildman–Crippen LogP) is 2.01. The highest BCUT2D eigenvalue weighted by Crippen LogP contribution is 2.20. The molecule has 1 aliphatic heterocycles. The summed E-state index contributed by atoms with van der Waals surface area (Å²) in [6.07, 6.45) is 1.11. The number of carbonyl (C=O) groups excluding carboxylic acids is 2. The van der Waals surface area contributed by atoms with E-state index in [-0.39, 0.29) is 34.9 Å². The third-order valence-corrected chi connectivity index (χ3v) is 6.47. The molecule has 1 aromatic rings. The van der Waals surface area contributed by atoms with E-state index in [1.54, 1.807) is 4.90 Å². The van der Waals surface area contributed by atoms with Gasteiger partial charge in [0.2, 0.25) is 5.91 Å². The molecule has 2 amide bonds. The molecule has 1 heterocycles. The van der Waals surface area contributed by atoms with Crippen LogP contribution in [0.25, 0.3) is 0 Å². The topological polar surface area (TPSA) is 83.6 Å². The van der Waals surface area contributed by atoms with Gasteiger partial charge in [0, 0.05) is 18.2 Å². The Bertz CT molecular complexity index is 777. The van der Waals surface area contributed by atoms with Crippen LogP contribution in [0.4, 0.5) is 4.39 Å². The number of hydrogen-bond donors (Lipinski definition) is 1. The molecule has 0 radical (unpaired) electrons. The molecule has 0 spiro atoms. The Labute approximate surface area is 160 Å². The molecule has 0 bridgehead atoms. The van der Waals surface area contributed by atoms with Crippen LogP contribution >= 0.6 is 0 Å². The zero-order valence-corrected chi connectivity index (χ0v) is 16.8. The summed E-state index contributed by atoms with van der Waals surface area (Å²) in [6, 6.07) is 3.96. The van der Waals surface area contributed by atoms with Gasteiger partial charge >= 0.3 is 0 Å². The van der Waals surface area contributed by atoms with Crippen molar-refractivity contribution in [2.24, 2.45) is 5.92 Å². The fourth-order valence-electron chi connectivity index (χ4n) is 3.25. The van der Waals surface area contributed by atoms with Crippen LogP contribution in [-0.4, -0.2) is 55.3 Å². The molecule has 0 saturated carbocycles. The third kappa shape index (κ3) is 5.51. The van der Waals surface area contributed by atoms with Gasteiger partial charge in [0.25, 0.3) is 5.91 Å². The lowest BCUT2D eigenvalue weighted by Gasteiger charge is -2.33. The van der Waals surface area contributed by atoms with Crippen LogP contribution in [0.3, 0.4) is 0 Å². The first kappa shape index (κ1) is 21.3. The van der Waals surface area contributed by atoms with Crippen molar-refractivity contribution in [2.75, 3.05) is 18.1 Å². The number of amides is 2. The Morgan fingerprint density at radius 3 is 2.37 bits per heavy atom. The van der Waals surface area contributed by atoms with Crippen molar-refractivity contribution in [3.8, 4) is 0 Å². The summed E-state index contributed by atoms with van der Waals surface area (Å²) >= 11 is 0. The molecule has 2 rings (SSSR count). The zero-order chi connectivity index (χ0) is 20.2. The van der Waals surface area contributed by atoms with Gasteiger partial charge in [-0.25, -0.2) is 12.8 Å². The number of halogens is 1. The Kier molecular flexibility index (Phi) is 6.97. The standard InChI is InChI=1S/C19H27FN2O4S/c1-4-10-22(16-9-11-27(25,26)12-16)19(24)17(13(2)3)21-18(23)14-5-7-15(20)8-6-14/h5-8,13,16-17H,4,9-12H2,1-3H3,(H,21,23)/t16-,17-/m0/s1. The normalized spacial score (nSPS) is 19.7. The average Bonchev–Trinajstić information content (AvgIpc) is 2.96. The number of nitrogens with one attached hydrogen (secondary N) is 1. The van der Waals surface area contributed by atoms with Gasteiger partial charge in [0.1, 0.15) is 11.9 Å². The van der Waals surface area contributed by atoms with Gasteiger partial charge < -0.3 is 10.2 Å². The second-order valence-electron chi connectivity index (χ2n) is 7.29. The summed E-state index contributed by atoms with van der Waals surface area (Å²) in [5.74, 6) is -1.31. The maximum atomic E-state index is 13.2. The molecule has 1 fully saturated rings. The molecule has 1 saturated heterocycles. The second-order valence-corrected chi connectivity index (χ2v) is 9.52. The summed E-state index contributed by atoms with van der Waals surface area (Å²) in [5.41, 5.74) is 0.264. The molecule has 0 aromatic heterocycles. The van der Waals surface area contributed by atoms with Crippen molar-refractivity contribution >= 4 is 21.7 Å². The lowest BCUT2D eigenvalue weighted by Crippen LogP contribution is -2.54. The van der Waals surface area contributed by atoms with Crippen molar-refractivity contribution in [1.82, 2.24) is 10.2 Å². The quantitative estimate of drug-likeness (QED) is 0.762.